The van der Waals surface area contributed by atoms with Crippen molar-refractivity contribution >= 4 is 6.21 Å². The minimum absolute atomic E-state index is 0.0962. The predicted molar refractivity (Wildman–Crippen MR) is 40.5 cm³/mol. The molecule has 0 unspecified atom stereocenters. The molecule has 1 N–H and O–H groups in total. The molecule has 0 radical (unpaired) electrons. The van der Waals surface area contributed by atoms with Gasteiger partial charge in [-0.2, -0.15) is 0 Å². The van der Waals surface area contributed by atoms with Crippen LogP contribution in [0, 0.1) is 18.6 Å². The highest BCUT2D eigenvalue weighted by molar-refractivity contribution is 5.81. The van der Waals surface area contributed by atoms with Crippen LogP contribution in [0.2, 0.25) is 0 Å². The fourth-order valence-electron chi connectivity index (χ4n) is 0.935. The fourth-order valence-corrected chi connectivity index (χ4v) is 0.935. The average Bonchev–Trinajstić information content (AvgIpc) is 1.96. The van der Waals surface area contributed by atoms with Crippen molar-refractivity contribution in [2.24, 2.45) is 5.16 Å². The van der Waals surface area contributed by atoms with Gasteiger partial charge in [-0.1, -0.05) is 5.16 Å². The predicted octanol–water partition coefficient (Wildman–Crippen LogP) is 2.08. The van der Waals surface area contributed by atoms with Crippen LogP contribution in [0.1, 0.15) is 11.1 Å². The monoisotopic (exact) mass is 171 g/mol. The largest absolute Gasteiger partial charge is 0.411 e. The molecule has 1 aromatic carbocycles. The maximum Gasteiger partial charge on any atom is 0.135 e. The summed E-state index contributed by atoms with van der Waals surface area (Å²) in [6, 6.07) is 1.91. The molecule has 0 saturated heterocycles. The Morgan fingerprint density at radius 3 is 2.58 bits per heavy atom. The molecule has 1 rings (SSSR count). The van der Waals surface area contributed by atoms with Crippen molar-refractivity contribution < 1.29 is 14.0 Å². The molecule has 1 aromatic rings. The number of nitrogens with zero attached hydrogens (tertiary/aromatic N) is 1. The van der Waals surface area contributed by atoms with Gasteiger partial charge in [-0.3, -0.25) is 0 Å². The second kappa shape index (κ2) is 3.30. The van der Waals surface area contributed by atoms with E-state index in [1.807, 2.05) is 0 Å². The Labute approximate surface area is 68.1 Å². The van der Waals surface area contributed by atoms with Crippen LogP contribution in [0.15, 0.2) is 17.3 Å². The quantitative estimate of drug-likeness (QED) is 0.391. The molecule has 0 spiro atoms. The third-order valence-corrected chi connectivity index (χ3v) is 1.49. The lowest BCUT2D eigenvalue weighted by atomic mass is 10.1. The van der Waals surface area contributed by atoms with Gasteiger partial charge in [0.25, 0.3) is 0 Å². The molecule has 0 aromatic heterocycles. The molecular weight excluding hydrogens is 164 g/mol. The van der Waals surface area contributed by atoms with Crippen molar-refractivity contribution in [1.29, 1.82) is 0 Å². The second-order valence-corrected chi connectivity index (χ2v) is 2.36. The van der Waals surface area contributed by atoms with Gasteiger partial charge in [-0.05, 0) is 18.6 Å². The number of rotatable bonds is 1. The summed E-state index contributed by atoms with van der Waals surface area (Å²) in [7, 11) is 0. The molecule has 4 heteroatoms. The molecule has 12 heavy (non-hydrogen) atoms. The molecular formula is C8H7F2NO. The molecule has 2 nitrogen and oxygen atoms in total. The molecule has 0 atom stereocenters. The SMILES string of the molecule is Cc1cc(F)cc(F)c1/C=N/O. The van der Waals surface area contributed by atoms with E-state index in [9.17, 15) is 8.78 Å². The highest BCUT2D eigenvalue weighted by Crippen LogP contribution is 2.12. The van der Waals surface area contributed by atoms with Crippen LogP contribution in [0.5, 0.6) is 0 Å². The molecule has 0 aliphatic carbocycles. The summed E-state index contributed by atoms with van der Waals surface area (Å²) in [6.45, 7) is 1.53. The Hall–Kier alpha value is -1.45. The van der Waals surface area contributed by atoms with Gasteiger partial charge in [0.15, 0.2) is 0 Å². The standard InChI is InChI=1S/C8H7F2NO/c1-5-2-6(9)3-8(10)7(5)4-11-12/h2-4,12H,1H3/b11-4+. The maximum atomic E-state index is 12.9. The zero-order valence-electron chi connectivity index (χ0n) is 6.38. The van der Waals surface area contributed by atoms with Crippen LogP contribution >= 0.6 is 0 Å². The summed E-state index contributed by atoms with van der Waals surface area (Å²) in [5, 5.41) is 10.8. The number of hydrogen-bond donors (Lipinski definition) is 1. The molecule has 0 fully saturated rings. The Morgan fingerprint density at radius 1 is 1.42 bits per heavy atom. The van der Waals surface area contributed by atoms with E-state index in [0.717, 1.165) is 12.3 Å². The lowest BCUT2D eigenvalue weighted by molar-refractivity contribution is 0.321. The Bertz CT molecular complexity index is 300. The summed E-state index contributed by atoms with van der Waals surface area (Å²) in [6.07, 6.45) is 0.935. The van der Waals surface area contributed by atoms with Gasteiger partial charge in [0.05, 0.1) is 6.21 Å². The first kappa shape index (κ1) is 8.64. The summed E-state index contributed by atoms with van der Waals surface area (Å²) < 4.78 is 25.4. The number of aryl methyl sites for hydroxylation is 1. The van der Waals surface area contributed by atoms with Crippen LogP contribution < -0.4 is 0 Å². The topological polar surface area (TPSA) is 32.6 Å². The van der Waals surface area contributed by atoms with Crippen LogP contribution in [-0.2, 0) is 0 Å². The number of oxime groups is 1. The van der Waals surface area contributed by atoms with Crippen LogP contribution in [0.3, 0.4) is 0 Å². The van der Waals surface area contributed by atoms with Crippen LogP contribution in [-0.4, -0.2) is 11.4 Å². The Balaban J connectivity index is 3.28. The van der Waals surface area contributed by atoms with Gasteiger partial charge in [-0.15, -0.1) is 0 Å². The molecule has 0 heterocycles. The molecule has 0 aliphatic rings. The van der Waals surface area contributed by atoms with Crippen molar-refractivity contribution in [3.63, 3.8) is 0 Å². The van der Waals surface area contributed by atoms with Crippen molar-refractivity contribution in [3.05, 3.63) is 34.9 Å². The van der Waals surface area contributed by atoms with E-state index in [4.69, 9.17) is 5.21 Å². The molecule has 0 saturated carbocycles. The van der Waals surface area contributed by atoms with E-state index < -0.39 is 11.6 Å². The Morgan fingerprint density at radius 2 is 2.08 bits per heavy atom. The maximum absolute atomic E-state index is 12.9. The zero-order valence-corrected chi connectivity index (χ0v) is 6.38. The van der Waals surface area contributed by atoms with Crippen molar-refractivity contribution in [3.8, 4) is 0 Å². The van der Waals surface area contributed by atoms with E-state index in [0.29, 0.717) is 5.56 Å². The minimum Gasteiger partial charge on any atom is -0.411 e. The van der Waals surface area contributed by atoms with E-state index in [2.05, 4.69) is 5.16 Å². The van der Waals surface area contributed by atoms with E-state index >= 15 is 0 Å². The van der Waals surface area contributed by atoms with Crippen molar-refractivity contribution in [2.45, 2.75) is 6.92 Å². The first-order valence-corrected chi connectivity index (χ1v) is 3.28. The third kappa shape index (κ3) is 1.58. The second-order valence-electron chi connectivity index (χ2n) is 2.36. The van der Waals surface area contributed by atoms with Gasteiger partial charge in [0.2, 0.25) is 0 Å². The Kier molecular flexibility index (Phi) is 2.38. The number of halogens is 2. The number of benzene rings is 1. The van der Waals surface area contributed by atoms with Gasteiger partial charge in [0, 0.05) is 11.6 Å². The first-order chi connectivity index (χ1) is 5.65. The summed E-state index contributed by atoms with van der Waals surface area (Å²) in [5.41, 5.74) is 0.490. The molecule has 0 aliphatic heterocycles. The zero-order chi connectivity index (χ0) is 9.14. The van der Waals surface area contributed by atoms with Gasteiger partial charge in [-0.25, -0.2) is 8.78 Å². The molecule has 64 valence electrons. The summed E-state index contributed by atoms with van der Waals surface area (Å²) in [5.74, 6) is -1.37. The van der Waals surface area contributed by atoms with Crippen molar-refractivity contribution in [2.75, 3.05) is 0 Å². The van der Waals surface area contributed by atoms with Gasteiger partial charge in [0.1, 0.15) is 11.6 Å². The highest BCUT2D eigenvalue weighted by atomic mass is 19.1. The summed E-state index contributed by atoms with van der Waals surface area (Å²) >= 11 is 0. The first-order valence-electron chi connectivity index (χ1n) is 3.28. The number of hydrogen-bond acceptors (Lipinski definition) is 2. The summed E-state index contributed by atoms with van der Waals surface area (Å²) in [4.78, 5) is 0. The van der Waals surface area contributed by atoms with Crippen LogP contribution in [0.4, 0.5) is 8.78 Å². The smallest absolute Gasteiger partial charge is 0.135 e. The van der Waals surface area contributed by atoms with Crippen LogP contribution in [0.25, 0.3) is 0 Å². The van der Waals surface area contributed by atoms with E-state index in [-0.39, 0.29) is 5.56 Å². The third-order valence-electron chi connectivity index (χ3n) is 1.49. The normalized spacial score (nSPS) is 10.9. The minimum atomic E-state index is -0.731. The fraction of sp³-hybridized carbons (Fsp3) is 0.125. The molecule has 0 amide bonds. The highest BCUT2D eigenvalue weighted by Gasteiger charge is 2.05. The van der Waals surface area contributed by atoms with Gasteiger partial charge < -0.3 is 5.21 Å². The average molecular weight is 171 g/mol. The van der Waals surface area contributed by atoms with Crippen molar-refractivity contribution in [1.82, 2.24) is 0 Å². The van der Waals surface area contributed by atoms with E-state index in [1.54, 1.807) is 0 Å². The lowest BCUT2D eigenvalue weighted by Gasteiger charge is -2.00. The van der Waals surface area contributed by atoms with E-state index in [1.165, 1.54) is 13.0 Å². The lowest BCUT2D eigenvalue weighted by Crippen LogP contribution is -1.94. The van der Waals surface area contributed by atoms with Gasteiger partial charge >= 0.3 is 0 Å². The molecule has 0 bridgehead atoms.